The summed E-state index contributed by atoms with van der Waals surface area (Å²) in [6, 6.07) is -2.68. The summed E-state index contributed by atoms with van der Waals surface area (Å²) < 4.78 is 0. The van der Waals surface area contributed by atoms with E-state index < -0.39 is 48.4 Å². The number of amides is 3. The minimum absolute atomic E-state index is 0.0313. The predicted octanol–water partition coefficient (Wildman–Crippen LogP) is -2.44. The van der Waals surface area contributed by atoms with Crippen molar-refractivity contribution in [1.82, 2.24) is 16.0 Å². The van der Waals surface area contributed by atoms with Gasteiger partial charge in [-0.2, -0.15) is 12.6 Å². The van der Waals surface area contributed by atoms with Crippen LogP contribution in [0.5, 0.6) is 0 Å². The van der Waals surface area contributed by atoms with Crippen molar-refractivity contribution in [1.29, 1.82) is 0 Å². The second-order valence-corrected chi connectivity index (χ2v) is 5.84. The fraction of sp³-hybridized carbons (Fsp3) is 0.714. The van der Waals surface area contributed by atoms with Crippen molar-refractivity contribution in [3.8, 4) is 0 Å². The third-order valence-electron chi connectivity index (χ3n) is 3.29. The number of nitrogens with one attached hydrogen (secondary N) is 3. The average Bonchev–Trinajstić information content (AvgIpc) is 2.56. The molecule has 0 saturated heterocycles. The predicted molar refractivity (Wildman–Crippen MR) is 94.9 cm³/mol. The highest BCUT2D eigenvalue weighted by molar-refractivity contribution is 7.80. The largest absolute Gasteiger partial charge is 0.480 e. The lowest BCUT2D eigenvalue weighted by atomic mass is 10.1. The molecule has 0 aliphatic heterocycles. The molecule has 0 aromatic rings. The number of thiol groups is 1. The molecule has 8 N–H and O–H groups in total. The van der Waals surface area contributed by atoms with Crippen molar-refractivity contribution in [3.05, 3.63) is 0 Å². The second kappa shape index (κ2) is 12.5. The molecule has 0 heterocycles. The standard InChI is InChI=1S/C14H27N5O5S/c1-8(18-13(23)9(16)4-2-3-5-15)12(22)19-10(7-25)14(24)17-6-11(20)21/h8-10,25H,2-7,15-16H2,1H3,(H,17,24)(H,18,23)(H,19,22)(H,20,21). The summed E-state index contributed by atoms with van der Waals surface area (Å²) in [5, 5.41) is 15.5. The fourth-order valence-electron chi connectivity index (χ4n) is 1.80. The van der Waals surface area contributed by atoms with Crippen LogP contribution in [0.4, 0.5) is 0 Å². The third kappa shape index (κ3) is 9.89. The maximum atomic E-state index is 12.1. The molecule has 10 nitrogen and oxygen atoms in total. The van der Waals surface area contributed by atoms with E-state index in [1.165, 1.54) is 6.92 Å². The minimum Gasteiger partial charge on any atom is -0.480 e. The first-order valence-corrected chi connectivity index (χ1v) is 8.52. The van der Waals surface area contributed by atoms with Crippen LogP contribution in [0.25, 0.3) is 0 Å². The Hall–Kier alpha value is -1.85. The van der Waals surface area contributed by atoms with E-state index in [0.29, 0.717) is 19.4 Å². The van der Waals surface area contributed by atoms with Crippen LogP contribution >= 0.6 is 12.6 Å². The molecule has 11 heteroatoms. The van der Waals surface area contributed by atoms with Gasteiger partial charge in [-0.05, 0) is 26.3 Å². The van der Waals surface area contributed by atoms with E-state index in [4.69, 9.17) is 16.6 Å². The van der Waals surface area contributed by atoms with Crippen molar-refractivity contribution in [2.24, 2.45) is 11.5 Å². The third-order valence-corrected chi connectivity index (χ3v) is 3.65. The molecular formula is C14H27N5O5S. The van der Waals surface area contributed by atoms with Gasteiger partial charge < -0.3 is 32.5 Å². The summed E-state index contributed by atoms with van der Waals surface area (Å²) in [6.45, 7) is 1.40. The summed E-state index contributed by atoms with van der Waals surface area (Å²) >= 11 is 3.95. The molecule has 0 aliphatic rings. The van der Waals surface area contributed by atoms with Gasteiger partial charge in [-0.25, -0.2) is 0 Å². The van der Waals surface area contributed by atoms with Crippen molar-refractivity contribution < 1.29 is 24.3 Å². The number of carbonyl (C=O) groups excluding carboxylic acids is 3. The van der Waals surface area contributed by atoms with Gasteiger partial charge in [0.1, 0.15) is 18.6 Å². The van der Waals surface area contributed by atoms with Crippen LogP contribution in [0.2, 0.25) is 0 Å². The summed E-state index contributed by atoms with van der Waals surface area (Å²) in [6.07, 6.45) is 1.91. The molecular weight excluding hydrogens is 350 g/mol. The summed E-state index contributed by atoms with van der Waals surface area (Å²) in [7, 11) is 0. The maximum absolute atomic E-state index is 12.1. The van der Waals surface area contributed by atoms with Crippen molar-refractivity contribution in [2.45, 2.75) is 44.3 Å². The smallest absolute Gasteiger partial charge is 0.322 e. The molecule has 0 aromatic carbocycles. The summed E-state index contributed by atoms with van der Waals surface area (Å²) in [5.41, 5.74) is 11.1. The molecule has 3 atom stereocenters. The Labute approximate surface area is 151 Å². The quantitative estimate of drug-likeness (QED) is 0.146. The zero-order chi connectivity index (χ0) is 19.4. The SMILES string of the molecule is CC(NC(=O)C(N)CCCCN)C(=O)NC(CS)C(=O)NCC(=O)O. The monoisotopic (exact) mass is 377 g/mol. The molecule has 0 fully saturated rings. The Kier molecular flexibility index (Phi) is 11.6. The lowest BCUT2D eigenvalue weighted by Crippen LogP contribution is -2.55. The van der Waals surface area contributed by atoms with Crippen molar-refractivity contribution >= 4 is 36.3 Å². The van der Waals surface area contributed by atoms with Crippen LogP contribution in [0.3, 0.4) is 0 Å². The second-order valence-electron chi connectivity index (χ2n) is 5.48. The van der Waals surface area contributed by atoms with E-state index in [2.05, 4.69) is 28.6 Å². The summed E-state index contributed by atoms with van der Waals surface area (Å²) in [5.74, 6) is -3.00. The van der Waals surface area contributed by atoms with Crippen LogP contribution in [-0.2, 0) is 19.2 Å². The maximum Gasteiger partial charge on any atom is 0.322 e. The van der Waals surface area contributed by atoms with Gasteiger partial charge in [0.05, 0.1) is 6.04 Å². The van der Waals surface area contributed by atoms with Crippen LogP contribution in [0, 0.1) is 0 Å². The fourth-order valence-corrected chi connectivity index (χ4v) is 2.06. The molecule has 3 unspecified atom stereocenters. The van der Waals surface area contributed by atoms with Crippen molar-refractivity contribution in [2.75, 3.05) is 18.8 Å². The number of aliphatic carboxylic acids is 1. The van der Waals surface area contributed by atoms with E-state index in [1.807, 2.05) is 0 Å². The molecule has 0 radical (unpaired) electrons. The summed E-state index contributed by atoms with van der Waals surface area (Å²) in [4.78, 5) is 46.2. The Bertz CT molecular complexity index is 477. The first kappa shape index (κ1) is 23.1. The highest BCUT2D eigenvalue weighted by Crippen LogP contribution is 1.99. The Balaban J connectivity index is 4.44. The molecule has 0 aromatic heterocycles. The molecule has 0 saturated carbocycles. The lowest BCUT2D eigenvalue weighted by molar-refractivity contribution is -0.138. The van der Waals surface area contributed by atoms with Gasteiger partial charge >= 0.3 is 5.97 Å². The Morgan fingerprint density at radius 1 is 1.08 bits per heavy atom. The van der Waals surface area contributed by atoms with Gasteiger partial charge in [0, 0.05) is 5.75 Å². The lowest BCUT2D eigenvalue weighted by Gasteiger charge is -2.21. The average molecular weight is 377 g/mol. The zero-order valence-electron chi connectivity index (χ0n) is 14.2. The molecule has 0 spiro atoms. The molecule has 25 heavy (non-hydrogen) atoms. The van der Waals surface area contributed by atoms with Crippen molar-refractivity contribution in [3.63, 3.8) is 0 Å². The molecule has 0 aliphatic carbocycles. The van der Waals surface area contributed by atoms with Gasteiger partial charge in [-0.15, -0.1) is 0 Å². The van der Waals surface area contributed by atoms with Gasteiger partial charge in [0.15, 0.2) is 0 Å². The number of hydrogen-bond acceptors (Lipinski definition) is 7. The number of unbranched alkanes of at least 4 members (excludes halogenated alkanes) is 1. The highest BCUT2D eigenvalue weighted by Gasteiger charge is 2.24. The molecule has 0 bridgehead atoms. The van der Waals surface area contributed by atoms with Crippen LogP contribution in [0.1, 0.15) is 26.2 Å². The molecule has 144 valence electrons. The van der Waals surface area contributed by atoms with E-state index in [9.17, 15) is 19.2 Å². The minimum atomic E-state index is -1.21. The Morgan fingerprint density at radius 3 is 2.24 bits per heavy atom. The van der Waals surface area contributed by atoms with Crippen LogP contribution in [0.15, 0.2) is 0 Å². The zero-order valence-corrected chi connectivity index (χ0v) is 15.1. The topological polar surface area (TPSA) is 177 Å². The van der Waals surface area contributed by atoms with Crippen LogP contribution < -0.4 is 27.4 Å². The number of carboxylic acids is 1. The number of carbonyl (C=O) groups is 4. The normalized spacial score (nSPS) is 14.1. The first-order valence-electron chi connectivity index (χ1n) is 7.89. The van der Waals surface area contributed by atoms with E-state index in [0.717, 1.165) is 6.42 Å². The van der Waals surface area contributed by atoms with Gasteiger partial charge in [-0.1, -0.05) is 6.42 Å². The van der Waals surface area contributed by atoms with Crippen LogP contribution in [-0.4, -0.2) is 65.8 Å². The molecule has 0 rings (SSSR count). The van der Waals surface area contributed by atoms with E-state index >= 15 is 0 Å². The highest BCUT2D eigenvalue weighted by atomic mass is 32.1. The first-order chi connectivity index (χ1) is 11.7. The number of hydrogen-bond donors (Lipinski definition) is 7. The number of rotatable bonds is 12. The Morgan fingerprint density at radius 2 is 1.72 bits per heavy atom. The van der Waals surface area contributed by atoms with E-state index in [-0.39, 0.29) is 5.75 Å². The van der Waals surface area contributed by atoms with Gasteiger partial charge in [-0.3, -0.25) is 19.2 Å². The van der Waals surface area contributed by atoms with Gasteiger partial charge in [0.25, 0.3) is 0 Å². The number of nitrogens with two attached hydrogens (primary N) is 2. The number of carboxylic acid groups (broad SMARTS) is 1. The van der Waals surface area contributed by atoms with Gasteiger partial charge in [0.2, 0.25) is 17.7 Å². The van der Waals surface area contributed by atoms with E-state index in [1.54, 1.807) is 0 Å². The molecule has 3 amide bonds.